The summed E-state index contributed by atoms with van der Waals surface area (Å²) in [6.45, 7) is 4.84. The van der Waals surface area contributed by atoms with E-state index in [4.69, 9.17) is 0 Å². The third kappa shape index (κ3) is 2.80. The molecule has 6 heteroatoms. The summed E-state index contributed by atoms with van der Waals surface area (Å²) in [5.74, 6) is -1.24. The van der Waals surface area contributed by atoms with Crippen molar-refractivity contribution in [1.82, 2.24) is 10.6 Å². The van der Waals surface area contributed by atoms with E-state index in [-0.39, 0.29) is 6.54 Å². The SMILES string of the molecule is CCNCc1cccc(F)c1N1CC(=O)NC(=O)C1C. The minimum Gasteiger partial charge on any atom is -0.348 e. The van der Waals surface area contributed by atoms with Crippen LogP contribution in [0.25, 0.3) is 0 Å². The number of halogens is 1. The Balaban J connectivity index is 2.39. The Labute approximate surface area is 117 Å². The molecule has 1 aromatic rings. The standard InChI is InChI=1S/C14H18FN3O2/c1-3-16-7-10-5-4-6-11(15)13(10)18-8-12(19)17-14(20)9(18)2/h4-6,9,16H,3,7-8H2,1-2H3,(H,17,19,20). The minimum absolute atomic E-state index is 0.0209. The van der Waals surface area contributed by atoms with Crippen molar-refractivity contribution in [2.24, 2.45) is 0 Å². The van der Waals surface area contributed by atoms with Crippen LogP contribution >= 0.6 is 0 Å². The lowest BCUT2D eigenvalue weighted by Crippen LogP contribution is -2.57. The summed E-state index contributed by atoms with van der Waals surface area (Å²) < 4.78 is 14.2. The highest BCUT2D eigenvalue weighted by Crippen LogP contribution is 2.27. The van der Waals surface area contributed by atoms with Gasteiger partial charge in [-0.15, -0.1) is 0 Å². The zero-order valence-corrected chi connectivity index (χ0v) is 11.6. The second kappa shape index (κ2) is 6.00. The lowest BCUT2D eigenvalue weighted by Gasteiger charge is -2.35. The van der Waals surface area contributed by atoms with Crippen molar-refractivity contribution in [3.05, 3.63) is 29.6 Å². The van der Waals surface area contributed by atoms with Gasteiger partial charge in [-0.2, -0.15) is 0 Å². The summed E-state index contributed by atoms with van der Waals surface area (Å²) in [7, 11) is 0. The molecule has 1 fully saturated rings. The monoisotopic (exact) mass is 279 g/mol. The maximum atomic E-state index is 14.2. The number of carbonyl (C=O) groups excluding carboxylic acids is 2. The van der Waals surface area contributed by atoms with Gasteiger partial charge in [0.15, 0.2) is 0 Å². The highest BCUT2D eigenvalue weighted by atomic mass is 19.1. The Kier molecular flexibility index (Phi) is 4.34. The first-order chi connectivity index (χ1) is 9.54. The predicted molar refractivity (Wildman–Crippen MR) is 73.7 cm³/mol. The largest absolute Gasteiger partial charge is 0.348 e. The number of rotatable bonds is 4. The average molecular weight is 279 g/mol. The molecular formula is C14H18FN3O2. The van der Waals surface area contributed by atoms with E-state index in [1.54, 1.807) is 19.1 Å². The van der Waals surface area contributed by atoms with Crippen molar-refractivity contribution in [1.29, 1.82) is 0 Å². The molecular weight excluding hydrogens is 261 g/mol. The zero-order chi connectivity index (χ0) is 14.7. The fraction of sp³-hybridized carbons (Fsp3) is 0.429. The molecule has 0 spiro atoms. The van der Waals surface area contributed by atoms with Crippen LogP contribution in [0.2, 0.25) is 0 Å². The predicted octanol–water partition coefficient (Wildman–Crippen LogP) is 0.786. The number of para-hydroxylation sites is 1. The molecule has 0 radical (unpaired) electrons. The van der Waals surface area contributed by atoms with Crippen molar-refractivity contribution in [2.75, 3.05) is 18.0 Å². The van der Waals surface area contributed by atoms with Crippen LogP contribution in [0.5, 0.6) is 0 Å². The van der Waals surface area contributed by atoms with Gasteiger partial charge in [-0.05, 0) is 25.1 Å². The molecule has 5 nitrogen and oxygen atoms in total. The third-order valence-electron chi connectivity index (χ3n) is 3.35. The lowest BCUT2D eigenvalue weighted by atomic mass is 10.1. The maximum absolute atomic E-state index is 14.2. The Morgan fingerprint density at radius 3 is 2.90 bits per heavy atom. The molecule has 1 unspecified atom stereocenters. The van der Waals surface area contributed by atoms with E-state index in [9.17, 15) is 14.0 Å². The molecule has 1 heterocycles. The third-order valence-corrected chi connectivity index (χ3v) is 3.35. The van der Waals surface area contributed by atoms with Crippen LogP contribution in [-0.2, 0) is 16.1 Å². The molecule has 2 N–H and O–H groups in total. The molecule has 0 bridgehead atoms. The number of hydrogen-bond donors (Lipinski definition) is 2. The number of nitrogens with one attached hydrogen (secondary N) is 2. The van der Waals surface area contributed by atoms with Gasteiger partial charge in [-0.1, -0.05) is 19.1 Å². The number of carbonyl (C=O) groups is 2. The van der Waals surface area contributed by atoms with Crippen LogP contribution in [0.4, 0.5) is 10.1 Å². The van der Waals surface area contributed by atoms with Gasteiger partial charge >= 0.3 is 0 Å². The van der Waals surface area contributed by atoms with Gasteiger partial charge in [-0.25, -0.2) is 4.39 Å². The molecule has 1 atom stereocenters. The summed E-state index contributed by atoms with van der Waals surface area (Å²) in [6, 6.07) is 4.19. The molecule has 1 aromatic carbocycles. The van der Waals surface area contributed by atoms with Gasteiger partial charge in [0.25, 0.3) is 0 Å². The Bertz CT molecular complexity index is 533. The van der Waals surface area contributed by atoms with Gasteiger partial charge < -0.3 is 10.2 Å². The number of imide groups is 1. The van der Waals surface area contributed by atoms with Crippen molar-refractivity contribution < 1.29 is 14.0 Å². The Hall–Kier alpha value is -1.95. The van der Waals surface area contributed by atoms with Crippen LogP contribution in [0, 0.1) is 5.82 Å². The second-order valence-electron chi connectivity index (χ2n) is 4.74. The number of benzene rings is 1. The quantitative estimate of drug-likeness (QED) is 0.800. The van der Waals surface area contributed by atoms with E-state index in [2.05, 4.69) is 10.6 Å². The fourth-order valence-electron chi connectivity index (χ4n) is 2.27. The van der Waals surface area contributed by atoms with Crippen LogP contribution < -0.4 is 15.5 Å². The number of amides is 2. The minimum atomic E-state index is -0.579. The van der Waals surface area contributed by atoms with Gasteiger partial charge in [-0.3, -0.25) is 14.9 Å². The number of nitrogens with zero attached hydrogens (tertiary/aromatic N) is 1. The molecule has 2 rings (SSSR count). The van der Waals surface area contributed by atoms with Crippen LogP contribution in [-0.4, -0.2) is 30.9 Å². The smallest absolute Gasteiger partial charge is 0.249 e. The summed E-state index contributed by atoms with van der Waals surface area (Å²) in [5.41, 5.74) is 1.06. The number of hydrogen-bond acceptors (Lipinski definition) is 4. The highest BCUT2D eigenvalue weighted by molar-refractivity contribution is 6.04. The molecule has 1 saturated heterocycles. The van der Waals surface area contributed by atoms with Crippen LogP contribution in [0.1, 0.15) is 19.4 Å². The van der Waals surface area contributed by atoms with E-state index < -0.39 is 23.7 Å². The van der Waals surface area contributed by atoms with Crippen molar-refractivity contribution in [3.8, 4) is 0 Å². The molecule has 1 aliphatic heterocycles. The van der Waals surface area contributed by atoms with Crippen molar-refractivity contribution in [2.45, 2.75) is 26.4 Å². The van der Waals surface area contributed by atoms with Crippen molar-refractivity contribution in [3.63, 3.8) is 0 Å². The van der Waals surface area contributed by atoms with E-state index >= 15 is 0 Å². The summed E-state index contributed by atoms with van der Waals surface area (Å²) in [6.07, 6.45) is 0. The summed E-state index contributed by atoms with van der Waals surface area (Å²) >= 11 is 0. The first kappa shape index (κ1) is 14.5. The summed E-state index contributed by atoms with van der Waals surface area (Å²) in [4.78, 5) is 24.8. The first-order valence-corrected chi connectivity index (χ1v) is 6.63. The molecule has 0 aromatic heterocycles. The molecule has 0 aliphatic carbocycles. The van der Waals surface area contributed by atoms with E-state index in [0.717, 1.165) is 12.1 Å². The first-order valence-electron chi connectivity index (χ1n) is 6.63. The van der Waals surface area contributed by atoms with E-state index in [0.29, 0.717) is 12.2 Å². The topological polar surface area (TPSA) is 61.4 Å². The van der Waals surface area contributed by atoms with Gasteiger partial charge in [0, 0.05) is 6.54 Å². The molecule has 1 aliphatic rings. The fourth-order valence-corrected chi connectivity index (χ4v) is 2.27. The van der Waals surface area contributed by atoms with E-state index in [1.165, 1.54) is 11.0 Å². The van der Waals surface area contributed by atoms with Crippen LogP contribution in [0.3, 0.4) is 0 Å². The Morgan fingerprint density at radius 1 is 1.45 bits per heavy atom. The van der Waals surface area contributed by atoms with Gasteiger partial charge in [0.05, 0.1) is 12.2 Å². The highest BCUT2D eigenvalue weighted by Gasteiger charge is 2.32. The van der Waals surface area contributed by atoms with Gasteiger partial charge in [0.2, 0.25) is 11.8 Å². The summed E-state index contributed by atoms with van der Waals surface area (Å²) in [5, 5.41) is 5.38. The molecule has 20 heavy (non-hydrogen) atoms. The normalized spacial score (nSPS) is 19.1. The molecule has 108 valence electrons. The average Bonchev–Trinajstić information content (AvgIpc) is 2.41. The van der Waals surface area contributed by atoms with Crippen LogP contribution in [0.15, 0.2) is 18.2 Å². The van der Waals surface area contributed by atoms with E-state index in [1.807, 2.05) is 6.92 Å². The number of piperazine rings is 1. The van der Waals surface area contributed by atoms with Gasteiger partial charge in [0.1, 0.15) is 11.9 Å². The Morgan fingerprint density at radius 2 is 2.20 bits per heavy atom. The lowest BCUT2D eigenvalue weighted by molar-refractivity contribution is -0.132. The maximum Gasteiger partial charge on any atom is 0.249 e. The molecule has 0 saturated carbocycles. The zero-order valence-electron chi connectivity index (χ0n) is 11.6. The number of anilines is 1. The second-order valence-corrected chi connectivity index (χ2v) is 4.74. The van der Waals surface area contributed by atoms with Crippen molar-refractivity contribution >= 4 is 17.5 Å². The molecule has 2 amide bonds.